The summed E-state index contributed by atoms with van der Waals surface area (Å²) < 4.78 is 21.1. The molecule has 37 heavy (non-hydrogen) atoms. The summed E-state index contributed by atoms with van der Waals surface area (Å²) in [6.07, 6.45) is 3.89. The second-order valence-electron chi connectivity index (χ2n) is 8.68. The molecule has 0 aliphatic carbocycles. The summed E-state index contributed by atoms with van der Waals surface area (Å²) in [6, 6.07) is 13.2. The maximum atomic E-state index is 13.6. The van der Waals surface area contributed by atoms with E-state index in [1.165, 1.54) is 12.1 Å². The van der Waals surface area contributed by atoms with Crippen LogP contribution in [-0.2, 0) is 4.74 Å². The van der Waals surface area contributed by atoms with Crippen LogP contribution < -0.4 is 10.6 Å². The first kappa shape index (κ1) is 30.2. The summed E-state index contributed by atoms with van der Waals surface area (Å²) in [5.74, 6) is -0.209. The third-order valence-electron chi connectivity index (χ3n) is 6.14. The number of hydrogen-bond donors (Lipinski definition) is 2. The lowest BCUT2D eigenvalue weighted by molar-refractivity contribution is -0.539. The molecule has 0 saturated carbocycles. The van der Waals surface area contributed by atoms with Gasteiger partial charge in [0.15, 0.2) is 0 Å². The van der Waals surface area contributed by atoms with Crippen molar-refractivity contribution in [1.29, 1.82) is 0 Å². The number of ether oxygens (including phenoxy) is 1. The van der Waals surface area contributed by atoms with Gasteiger partial charge in [0.2, 0.25) is 12.1 Å². The van der Waals surface area contributed by atoms with Crippen LogP contribution in [0.1, 0.15) is 61.9 Å². The summed E-state index contributed by atoms with van der Waals surface area (Å²) in [5, 5.41) is 6.91. The maximum Gasteiger partial charge on any atom is 0.257 e. The number of guanidine groups is 1. The highest BCUT2D eigenvalue weighted by Crippen LogP contribution is 2.30. The van der Waals surface area contributed by atoms with Crippen molar-refractivity contribution in [1.82, 2.24) is 10.6 Å². The number of nitrogens with one attached hydrogen (secondary N) is 2. The van der Waals surface area contributed by atoms with Crippen molar-refractivity contribution in [3.63, 3.8) is 0 Å². The molecular formula is C29H39ClFN4O2+. The molecule has 0 radical (unpaired) electrons. The van der Waals surface area contributed by atoms with E-state index in [4.69, 9.17) is 16.3 Å². The largest absolute Gasteiger partial charge is 0.382 e. The van der Waals surface area contributed by atoms with E-state index in [0.29, 0.717) is 42.7 Å². The maximum absolute atomic E-state index is 13.6. The molecule has 0 aliphatic rings. The van der Waals surface area contributed by atoms with E-state index < -0.39 is 0 Å². The number of rotatable bonds is 13. The van der Waals surface area contributed by atoms with Gasteiger partial charge in [0.1, 0.15) is 19.1 Å². The van der Waals surface area contributed by atoms with Gasteiger partial charge >= 0.3 is 0 Å². The molecule has 0 aliphatic heterocycles. The zero-order valence-corrected chi connectivity index (χ0v) is 23.0. The molecule has 1 amide bonds. The zero-order chi connectivity index (χ0) is 27.2. The van der Waals surface area contributed by atoms with Gasteiger partial charge in [0, 0.05) is 49.6 Å². The third-order valence-corrected chi connectivity index (χ3v) is 6.39. The first-order valence-electron chi connectivity index (χ1n) is 12.7. The number of nitrogens with zero attached hydrogens (tertiary/aromatic N) is 2. The summed E-state index contributed by atoms with van der Waals surface area (Å²) in [7, 11) is 1.96. The highest BCUT2D eigenvalue weighted by atomic mass is 35.5. The van der Waals surface area contributed by atoms with Crippen LogP contribution in [0.2, 0.25) is 5.02 Å². The van der Waals surface area contributed by atoms with Crippen LogP contribution in [0.3, 0.4) is 0 Å². The van der Waals surface area contributed by atoms with Gasteiger partial charge in [-0.2, -0.15) is 0 Å². The van der Waals surface area contributed by atoms with Gasteiger partial charge in [0.05, 0.1) is 0 Å². The average molecular weight is 530 g/mol. The van der Waals surface area contributed by atoms with Crippen LogP contribution in [0.5, 0.6) is 0 Å². The molecule has 200 valence electrons. The standard InChI is InChI=1S/C29H38ClFN4O2/c1-6-21(4)26(22-12-16-25(31)17-13-22)20-27(35(5)7-2)33-29(32-18-9-19-37-8-3)34-28(36)23-10-14-24(30)15-11-23/h7,10-17,26-27H,4,6,8-9,18-20H2,1-3,5H3,(H-,32,33,34,36)/p+1. The van der Waals surface area contributed by atoms with Crippen molar-refractivity contribution in [2.75, 3.05) is 26.8 Å². The molecule has 0 saturated heterocycles. The van der Waals surface area contributed by atoms with E-state index in [2.05, 4.69) is 29.1 Å². The summed E-state index contributed by atoms with van der Waals surface area (Å²) in [4.78, 5) is 17.6. The van der Waals surface area contributed by atoms with Gasteiger partial charge in [0.25, 0.3) is 5.91 Å². The van der Waals surface area contributed by atoms with Gasteiger partial charge in [-0.15, -0.1) is 0 Å². The minimum absolute atomic E-state index is 0.0170. The number of carbonyl (C=O) groups is 1. The summed E-state index contributed by atoms with van der Waals surface area (Å²) >= 11 is 5.98. The lowest BCUT2D eigenvalue weighted by atomic mass is 9.86. The van der Waals surface area contributed by atoms with Crippen molar-refractivity contribution >= 4 is 29.7 Å². The van der Waals surface area contributed by atoms with Gasteiger partial charge in [-0.05, 0) is 61.7 Å². The van der Waals surface area contributed by atoms with Crippen LogP contribution in [-0.4, -0.2) is 55.6 Å². The van der Waals surface area contributed by atoms with Crippen molar-refractivity contribution in [2.45, 2.75) is 52.1 Å². The topological polar surface area (TPSA) is 65.7 Å². The van der Waals surface area contributed by atoms with Crippen LogP contribution in [0.4, 0.5) is 4.39 Å². The molecule has 2 N–H and O–H groups in total. The van der Waals surface area contributed by atoms with Gasteiger partial charge in [-0.1, -0.05) is 42.8 Å². The predicted molar refractivity (Wildman–Crippen MR) is 150 cm³/mol. The number of aliphatic imine (C=N–C) groups is 1. The first-order chi connectivity index (χ1) is 17.8. The number of hydrogen-bond acceptors (Lipinski definition) is 3. The number of benzene rings is 2. The number of halogens is 2. The molecule has 0 fully saturated rings. The molecule has 2 aromatic rings. The first-order valence-corrected chi connectivity index (χ1v) is 13.1. The fourth-order valence-corrected chi connectivity index (χ4v) is 3.90. The van der Waals surface area contributed by atoms with Crippen molar-refractivity contribution in [3.8, 4) is 0 Å². The van der Waals surface area contributed by atoms with E-state index in [9.17, 15) is 9.18 Å². The third kappa shape index (κ3) is 10.1. The zero-order valence-electron chi connectivity index (χ0n) is 22.3. The molecule has 2 atom stereocenters. The Labute approximate surface area is 225 Å². The van der Waals surface area contributed by atoms with Crippen LogP contribution >= 0.6 is 11.6 Å². The highest BCUT2D eigenvalue weighted by Gasteiger charge is 2.27. The van der Waals surface area contributed by atoms with Gasteiger partial charge in [-0.25, -0.2) is 8.97 Å². The van der Waals surface area contributed by atoms with E-state index in [-0.39, 0.29) is 23.8 Å². The Morgan fingerprint density at radius 1 is 1.19 bits per heavy atom. The molecule has 6 nitrogen and oxygen atoms in total. The Hall–Kier alpha value is -3.03. The quantitative estimate of drug-likeness (QED) is 0.0863. The predicted octanol–water partition coefficient (Wildman–Crippen LogP) is 5.78. The lowest BCUT2D eigenvalue weighted by Crippen LogP contribution is -2.50. The number of allylic oxidation sites excluding steroid dienone is 1. The second-order valence-corrected chi connectivity index (χ2v) is 9.11. The minimum Gasteiger partial charge on any atom is -0.382 e. The smallest absolute Gasteiger partial charge is 0.257 e. The normalized spacial score (nSPS) is 13.7. The molecule has 2 unspecified atom stereocenters. The number of carbonyl (C=O) groups excluding carboxylic acids is 1. The molecule has 2 rings (SSSR count). The second kappa shape index (κ2) is 15.9. The Morgan fingerprint density at radius 2 is 1.86 bits per heavy atom. The Morgan fingerprint density at radius 3 is 2.46 bits per heavy atom. The van der Waals surface area contributed by atoms with E-state index in [1.807, 2.05) is 31.7 Å². The molecule has 0 aromatic heterocycles. The van der Waals surface area contributed by atoms with Gasteiger partial charge in [-0.3, -0.25) is 20.4 Å². The molecule has 0 bridgehead atoms. The molecule has 0 spiro atoms. The average Bonchev–Trinajstić information content (AvgIpc) is 2.90. The molecule has 0 heterocycles. The number of amides is 1. The van der Waals surface area contributed by atoms with Crippen LogP contribution in [0, 0.1) is 5.82 Å². The van der Waals surface area contributed by atoms with Crippen molar-refractivity contribution < 1.29 is 18.5 Å². The van der Waals surface area contributed by atoms with E-state index >= 15 is 0 Å². The Balaban J connectivity index is 2.31. The lowest BCUT2D eigenvalue weighted by Gasteiger charge is -2.25. The fourth-order valence-electron chi connectivity index (χ4n) is 3.77. The van der Waals surface area contributed by atoms with Crippen LogP contribution in [0.15, 0.2) is 65.7 Å². The van der Waals surface area contributed by atoms with Gasteiger partial charge < -0.3 is 4.74 Å². The fraction of sp³-hybridized carbons (Fsp3) is 0.414. The molecular weight excluding hydrogens is 491 g/mol. The highest BCUT2D eigenvalue weighted by molar-refractivity contribution is 6.30. The minimum atomic E-state index is -0.289. The van der Waals surface area contributed by atoms with E-state index in [1.54, 1.807) is 36.4 Å². The molecule has 2 aromatic carbocycles. The summed E-state index contributed by atoms with van der Waals surface area (Å²) in [5.41, 5.74) is 2.51. The van der Waals surface area contributed by atoms with Crippen molar-refractivity contribution in [2.24, 2.45) is 4.99 Å². The van der Waals surface area contributed by atoms with Crippen molar-refractivity contribution in [3.05, 3.63) is 82.6 Å². The molecule has 8 heteroatoms. The van der Waals surface area contributed by atoms with E-state index in [0.717, 1.165) is 24.0 Å². The van der Waals surface area contributed by atoms with Crippen LogP contribution in [0.25, 0.3) is 0 Å². The Kier molecular flexibility index (Phi) is 13.0. The summed E-state index contributed by atoms with van der Waals surface area (Å²) in [6.45, 7) is 12.0. The Bertz CT molecular complexity index is 1070. The monoisotopic (exact) mass is 529 g/mol. The SMILES string of the molecule is C=C(CC)C(CC(NC(=NCCCOCC)NC(=O)c1ccc(Cl)cc1)[N+](C)=CC)c1ccc(F)cc1.